The first-order chi connectivity index (χ1) is 14.6. The number of aliphatic hydroxyl groups excluding tert-OH is 1. The largest absolute Gasteiger partial charge is 0.493 e. The molecule has 4 nitrogen and oxygen atoms in total. The number of nitriles is 1. The van der Waals surface area contributed by atoms with E-state index in [9.17, 15) is 5.11 Å². The van der Waals surface area contributed by atoms with E-state index in [1.807, 2.05) is 17.5 Å². The SMILES string of the molecule is COc1ccc([C@]2(C#Cc3cc(C#N)cs3)CC[C@H](O)CC2)cc1OC1CCCC1. The summed E-state index contributed by atoms with van der Waals surface area (Å²) in [4.78, 5) is 0.896. The van der Waals surface area contributed by atoms with E-state index in [0.29, 0.717) is 5.56 Å². The van der Waals surface area contributed by atoms with Gasteiger partial charge in [-0.2, -0.15) is 5.26 Å². The van der Waals surface area contributed by atoms with Crippen LogP contribution < -0.4 is 9.47 Å². The molecule has 0 bridgehead atoms. The van der Waals surface area contributed by atoms with Crippen molar-refractivity contribution in [2.45, 2.75) is 69.0 Å². The lowest BCUT2D eigenvalue weighted by molar-refractivity contribution is 0.110. The molecule has 1 aromatic heterocycles. The number of hydrogen-bond acceptors (Lipinski definition) is 5. The Bertz CT molecular complexity index is 980. The Morgan fingerprint density at radius 1 is 1.10 bits per heavy atom. The van der Waals surface area contributed by atoms with Gasteiger partial charge >= 0.3 is 0 Å². The molecule has 2 fully saturated rings. The van der Waals surface area contributed by atoms with E-state index >= 15 is 0 Å². The molecule has 2 saturated carbocycles. The lowest BCUT2D eigenvalue weighted by Crippen LogP contribution is -2.32. The zero-order valence-electron chi connectivity index (χ0n) is 17.3. The molecular weight excluding hydrogens is 394 g/mol. The van der Waals surface area contributed by atoms with E-state index in [4.69, 9.17) is 14.7 Å². The average molecular weight is 422 g/mol. The summed E-state index contributed by atoms with van der Waals surface area (Å²) in [7, 11) is 1.67. The van der Waals surface area contributed by atoms with Gasteiger partial charge in [0.15, 0.2) is 11.5 Å². The Morgan fingerprint density at radius 3 is 2.53 bits per heavy atom. The van der Waals surface area contributed by atoms with Crippen LogP contribution in [0.15, 0.2) is 29.6 Å². The van der Waals surface area contributed by atoms with Gasteiger partial charge in [0.25, 0.3) is 0 Å². The maximum absolute atomic E-state index is 10.1. The number of hydrogen-bond donors (Lipinski definition) is 1. The minimum Gasteiger partial charge on any atom is -0.493 e. The van der Waals surface area contributed by atoms with Gasteiger partial charge in [-0.25, -0.2) is 0 Å². The van der Waals surface area contributed by atoms with Crippen molar-refractivity contribution in [2.75, 3.05) is 7.11 Å². The van der Waals surface area contributed by atoms with Gasteiger partial charge in [-0.05, 0) is 75.1 Å². The minimum absolute atomic E-state index is 0.250. The first kappa shape index (κ1) is 20.8. The van der Waals surface area contributed by atoms with E-state index in [2.05, 4.69) is 30.0 Å². The van der Waals surface area contributed by atoms with Crippen molar-refractivity contribution >= 4 is 11.3 Å². The monoisotopic (exact) mass is 421 g/mol. The third-order valence-corrected chi connectivity index (χ3v) is 7.12. The average Bonchev–Trinajstić information content (AvgIpc) is 3.45. The van der Waals surface area contributed by atoms with Gasteiger partial charge in [0.2, 0.25) is 0 Å². The Morgan fingerprint density at radius 2 is 1.87 bits per heavy atom. The predicted octanol–water partition coefficient (Wildman–Crippen LogP) is 5.17. The fourth-order valence-corrected chi connectivity index (χ4v) is 5.15. The number of benzene rings is 1. The number of ether oxygens (including phenoxy) is 2. The number of thiophene rings is 1. The van der Waals surface area contributed by atoms with Crippen molar-refractivity contribution in [3.63, 3.8) is 0 Å². The summed E-state index contributed by atoms with van der Waals surface area (Å²) in [5, 5.41) is 21.0. The molecule has 1 heterocycles. The summed E-state index contributed by atoms with van der Waals surface area (Å²) >= 11 is 1.50. The first-order valence-electron chi connectivity index (χ1n) is 10.7. The van der Waals surface area contributed by atoms with Crippen molar-refractivity contribution < 1.29 is 14.6 Å². The second-order valence-electron chi connectivity index (χ2n) is 8.26. The van der Waals surface area contributed by atoms with E-state index < -0.39 is 0 Å². The van der Waals surface area contributed by atoms with Crippen LogP contribution in [0.2, 0.25) is 0 Å². The first-order valence-corrected chi connectivity index (χ1v) is 11.5. The highest BCUT2D eigenvalue weighted by molar-refractivity contribution is 7.10. The molecule has 0 atom stereocenters. The maximum atomic E-state index is 10.1. The molecule has 0 spiro atoms. The Labute approximate surface area is 182 Å². The Balaban J connectivity index is 1.69. The molecule has 0 radical (unpaired) electrons. The number of aliphatic hydroxyl groups is 1. The van der Waals surface area contributed by atoms with Crippen LogP contribution in [0.4, 0.5) is 0 Å². The maximum Gasteiger partial charge on any atom is 0.161 e. The summed E-state index contributed by atoms with van der Waals surface area (Å²) in [6.07, 6.45) is 7.64. The molecule has 2 aliphatic rings. The lowest BCUT2D eigenvalue weighted by atomic mass is 9.69. The fraction of sp³-hybridized carbons (Fsp3) is 0.480. The molecule has 0 saturated heterocycles. The highest BCUT2D eigenvalue weighted by Crippen LogP contribution is 2.43. The standard InChI is InChI=1S/C25H27NO3S/c1-28-23-7-6-19(15-24(23)29-21-4-2-3-5-21)25(11-8-20(27)9-12-25)13-10-22-14-18(16-26)17-30-22/h6-7,14-15,17,20-21,27H,2-5,8-9,11-12H2,1H3/t20-,25+. The van der Waals surface area contributed by atoms with Crippen LogP contribution in [0.1, 0.15) is 67.4 Å². The summed E-state index contributed by atoms with van der Waals surface area (Å²) < 4.78 is 11.9. The van der Waals surface area contributed by atoms with Gasteiger partial charge < -0.3 is 14.6 Å². The Hall–Kier alpha value is -2.47. The molecule has 4 rings (SSSR count). The van der Waals surface area contributed by atoms with Gasteiger partial charge in [-0.1, -0.05) is 17.9 Å². The lowest BCUT2D eigenvalue weighted by Gasteiger charge is -2.35. The second-order valence-corrected chi connectivity index (χ2v) is 9.18. The quantitative estimate of drug-likeness (QED) is 0.692. The zero-order chi connectivity index (χ0) is 21.0. The highest BCUT2D eigenvalue weighted by Gasteiger charge is 2.36. The smallest absolute Gasteiger partial charge is 0.161 e. The molecular formula is C25H27NO3S. The third kappa shape index (κ3) is 4.48. The van der Waals surface area contributed by atoms with Crippen molar-refractivity contribution in [1.29, 1.82) is 5.26 Å². The zero-order valence-corrected chi connectivity index (χ0v) is 18.1. The van der Waals surface area contributed by atoms with Gasteiger partial charge in [0.05, 0.1) is 35.2 Å². The fourth-order valence-electron chi connectivity index (χ4n) is 4.48. The van der Waals surface area contributed by atoms with Crippen molar-refractivity contribution in [2.24, 2.45) is 0 Å². The molecule has 1 aromatic carbocycles. The second kappa shape index (κ2) is 9.13. The number of nitrogens with zero attached hydrogens (tertiary/aromatic N) is 1. The molecule has 0 aliphatic heterocycles. The van der Waals surface area contributed by atoms with Gasteiger partial charge in [-0.3, -0.25) is 0 Å². The van der Waals surface area contributed by atoms with E-state index in [1.54, 1.807) is 7.11 Å². The molecule has 1 N–H and O–H groups in total. The number of rotatable bonds is 4. The van der Waals surface area contributed by atoms with Crippen molar-refractivity contribution in [3.05, 3.63) is 45.6 Å². The van der Waals surface area contributed by atoms with Crippen molar-refractivity contribution in [1.82, 2.24) is 0 Å². The van der Waals surface area contributed by atoms with Crippen LogP contribution in [-0.4, -0.2) is 24.4 Å². The summed E-state index contributed by atoms with van der Waals surface area (Å²) in [5.41, 5.74) is 1.43. The van der Waals surface area contributed by atoms with Gasteiger partial charge in [-0.15, -0.1) is 11.3 Å². The Kier molecular flexibility index (Phi) is 6.32. The van der Waals surface area contributed by atoms with Crippen LogP contribution in [0.3, 0.4) is 0 Å². The summed E-state index contributed by atoms with van der Waals surface area (Å²) in [5.74, 6) is 8.38. The van der Waals surface area contributed by atoms with E-state index in [-0.39, 0.29) is 17.6 Å². The molecule has 0 unspecified atom stereocenters. The number of methoxy groups -OCH3 is 1. The molecule has 2 aliphatic carbocycles. The van der Waals surface area contributed by atoms with Crippen LogP contribution in [-0.2, 0) is 5.41 Å². The van der Waals surface area contributed by atoms with Crippen LogP contribution >= 0.6 is 11.3 Å². The summed E-state index contributed by atoms with van der Waals surface area (Å²) in [6.45, 7) is 0. The minimum atomic E-state index is -0.337. The summed E-state index contributed by atoms with van der Waals surface area (Å²) in [6, 6.07) is 10.2. The molecule has 0 amide bonds. The van der Waals surface area contributed by atoms with E-state index in [0.717, 1.165) is 60.5 Å². The van der Waals surface area contributed by atoms with Gasteiger partial charge in [0, 0.05) is 5.38 Å². The third-order valence-electron chi connectivity index (χ3n) is 6.27. The van der Waals surface area contributed by atoms with Gasteiger partial charge in [0.1, 0.15) is 6.07 Å². The molecule has 2 aromatic rings. The van der Waals surface area contributed by atoms with E-state index in [1.165, 1.54) is 24.2 Å². The normalized spacial score (nSPS) is 24.0. The van der Waals surface area contributed by atoms with Crippen molar-refractivity contribution in [3.8, 4) is 29.4 Å². The van der Waals surface area contributed by atoms with Crippen LogP contribution in [0, 0.1) is 23.2 Å². The van der Waals surface area contributed by atoms with Crippen LogP contribution in [0.5, 0.6) is 11.5 Å². The molecule has 156 valence electrons. The predicted molar refractivity (Wildman–Crippen MR) is 118 cm³/mol. The highest BCUT2D eigenvalue weighted by atomic mass is 32.1. The topological polar surface area (TPSA) is 62.5 Å². The molecule has 30 heavy (non-hydrogen) atoms. The molecule has 5 heteroatoms. The van der Waals surface area contributed by atoms with Crippen LogP contribution in [0.25, 0.3) is 0 Å².